The molecule has 1 heterocycles. The predicted molar refractivity (Wildman–Crippen MR) is 105 cm³/mol. The summed E-state index contributed by atoms with van der Waals surface area (Å²) in [5, 5.41) is 2.92. The van der Waals surface area contributed by atoms with Crippen molar-refractivity contribution in [3.63, 3.8) is 0 Å². The molecule has 0 atom stereocenters. The van der Waals surface area contributed by atoms with Crippen molar-refractivity contribution in [3.8, 4) is 11.5 Å². The average molecular weight is 362 g/mol. The summed E-state index contributed by atoms with van der Waals surface area (Å²) in [7, 11) is 1.58. The summed E-state index contributed by atoms with van der Waals surface area (Å²) in [5.74, 6) is 0.994. The highest BCUT2D eigenvalue weighted by Crippen LogP contribution is 2.31. The molecule has 0 fully saturated rings. The minimum atomic E-state index is -0.162. The molecular formula is C22H22N2O3. The standard InChI is InChI=1S/C22H22N2O3/c1-15-9-16(2)11-18(10-15)22(25)24-19-6-7-20(26-3)21(12-19)27-14-17-5-4-8-23-13-17/h4-13H,14H2,1-3H3,(H,24,25). The van der Waals surface area contributed by atoms with Gasteiger partial charge in [0.15, 0.2) is 11.5 Å². The van der Waals surface area contributed by atoms with Crippen LogP contribution in [-0.4, -0.2) is 18.0 Å². The average Bonchev–Trinajstić information content (AvgIpc) is 2.66. The summed E-state index contributed by atoms with van der Waals surface area (Å²) in [6.45, 7) is 4.31. The third kappa shape index (κ3) is 4.85. The van der Waals surface area contributed by atoms with Gasteiger partial charge in [-0.3, -0.25) is 9.78 Å². The van der Waals surface area contributed by atoms with Crippen molar-refractivity contribution in [2.45, 2.75) is 20.5 Å². The van der Waals surface area contributed by atoms with E-state index in [0.717, 1.165) is 16.7 Å². The third-order valence-corrected chi connectivity index (χ3v) is 4.02. The summed E-state index contributed by atoms with van der Waals surface area (Å²) in [5.41, 5.74) is 4.32. The number of nitrogens with zero attached hydrogens (tertiary/aromatic N) is 1. The van der Waals surface area contributed by atoms with Crippen LogP contribution in [0.25, 0.3) is 0 Å². The zero-order valence-corrected chi connectivity index (χ0v) is 15.7. The Labute approximate surface area is 159 Å². The summed E-state index contributed by atoms with van der Waals surface area (Å²) >= 11 is 0. The van der Waals surface area contributed by atoms with E-state index in [9.17, 15) is 4.79 Å². The van der Waals surface area contributed by atoms with Gasteiger partial charge >= 0.3 is 0 Å². The Morgan fingerprint density at radius 2 is 1.81 bits per heavy atom. The predicted octanol–water partition coefficient (Wildman–Crippen LogP) is 4.54. The molecule has 5 heteroatoms. The first-order chi connectivity index (χ1) is 13.0. The van der Waals surface area contributed by atoms with Crippen LogP contribution >= 0.6 is 0 Å². The van der Waals surface area contributed by atoms with Gasteiger partial charge in [0, 0.05) is 35.3 Å². The van der Waals surface area contributed by atoms with Gasteiger partial charge < -0.3 is 14.8 Å². The fraction of sp³-hybridized carbons (Fsp3) is 0.182. The van der Waals surface area contributed by atoms with E-state index in [-0.39, 0.29) is 5.91 Å². The molecule has 0 spiro atoms. The third-order valence-electron chi connectivity index (χ3n) is 4.02. The lowest BCUT2D eigenvalue weighted by atomic mass is 10.1. The maximum absolute atomic E-state index is 12.6. The molecule has 3 aromatic rings. The normalized spacial score (nSPS) is 10.3. The molecule has 1 aromatic heterocycles. The number of nitrogens with one attached hydrogen (secondary N) is 1. The number of aromatic nitrogens is 1. The second-order valence-electron chi connectivity index (χ2n) is 6.35. The molecule has 0 saturated carbocycles. The van der Waals surface area contributed by atoms with Crippen molar-refractivity contribution >= 4 is 11.6 Å². The van der Waals surface area contributed by atoms with Crippen molar-refractivity contribution in [1.29, 1.82) is 0 Å². The molecule has 138 valence electrons. The molecule has 27 heavy (non-hydrogen) atoms. The number of pyridine rings is 1. The van der Waals surface area contributed by atoms with Crippen molar-refractivity contribution in [2.24, 2.45) is 0 Å². The molecule has 1 amide bonds. The van der Waals surface area contributed by atoms with Gasteiger partial charge in [-0.15, -0.1) is 0 Å². The molecule has 0 radical (unpaired) electrons. The van der Waals surface area contributed by atoms with Crippen LogP contribution in [0, 0.1) is 13.8 Å². The molecule has 0 unspecified atom stereocenters. The number of anilines is 1. The SMILES string of the molecule is COc1ccc(NC(=O)c2cc(C)cc(C)c2)cc1OCc1cccnc1. The van der Waals surface area contributed by atoms with Crippen molar-refractivity contribution in [3.05, 3.63) is 83.2 Å². The number of benzene rings is 2. The van der Waals surface area contributed by atoms with Gasteiger partial charge in [-0.2, -0.15) is 0 Å². The van der Waals surface area contributed by atoms with E-state index in [1.54, 1.807) is 37.7 Å². The summed E-state index contributed by atoms with van der Waals surface area (Å²) in [6, 6.07) is 14.9. The Bertz CT molecular complexity index is 919. The van der Waals surface area contributed by atoms with Crippen molar-refractivity contribution in [2.75, 3.05) is 12.4 Å². The number of hydrogen-bond donors (Lipinski definition) is 1. The molecule has 0 aliphatic carbocycles. The van der Waals surface area contributed by atoms with Gasteiger partial charge in [-0.25, -0.2) is 0 Å². The largest absolute Gasteiger partial charge is 0.493 e. The molecule has 0 aliphatic rings. The van der Waals surface area contributed by atoms with Gasteiger partial charge in [-0.1, -0.05) is 23.3 Å². The summed E-state index contributed by atoms with van der Waals surface area (Å²) in [6.07, 6.45) is 3.46. The van der Waals surface area contributed by atoms with Gasteiger partial charge in [0.05, 0.1) is 7.11 Å². The zero-order valence-electron chi connectivity index (χ0n) is 15.7. The van der Waals surface area contributed by atoms with Gasteiger partial charge in [0.1, 0.15) is 6.61 Å². The molecule has 2 aromatic carbocycles. The maximum atomic E-state index is 12.6. The second kappa shape index (κ2) is 8.36. The van der Waals surface area contributed by atoms with E-state index in [0.29, 0.717) is 29.4 Å². The summed E-state index contributed by atoms with van der Waals surface area (Å²) < 4.78 is 11.2. The zero-order chi connectivity index (χ0) is 19.2. The first-order valence-corrected chi connectivity index (χ1v) is 8.64. The van der Waals surface area contributed by atoms with Crippen LogP contribution in [0.15, 0.2) is 60.9 Å². The Hall–Kier alpha value is -3.34. The number of carbonyl (C=O) groups is 1. The Morgan fingerprint density at radius 3 is 2.48 bits per heavy atom. The van der Waals surface area contributed by atoms with Gasteiger partial charge in [0.2, 0.25) is 0 Å². The summed E-state index contributed by atoms with van der Waals surface area (Å²) in [4.78, 5) is 16.6. The lowest BCUT2D eigenvalue weighted by Crippen LogP contribution is -2.12. The van der Waals surface area contributed by atoms with E-state index >= 15 is 0 Å². The highest BCUT2D eigenvalue weighted by atomic mass is 16.5. The molecule has 0 saturated heterocycles. The number of hydrogen-bond acceptors (Lipinski definition) is 4. The monoisotopic (exact) mass is 362 g/mol. The molecule has 0 aliphatic heterocycles. The van der Waals surface area contributed by atoms with E-state index in [1.807, 2.05) is 44.2 Å². The Balaban J connectivity index is 1.76. The van der Waals surface area contributed by atoms with Crippen molar-refractivity contribution < 1.29 is 14.3 Å². The second-order valence-corrected chi connectivity index (χ2v) is 6.35. The first kappa shape index (κ1) is 18.5. The lowest BCUT2D eigenvalue weighted by Gasteiger charge is -2.13. The molecule has 0 bridgehead atoms. The van der Waals surface area contributed by atoms with Crippen LogP contribution < -0.4 is 14.8 Å². The topological polar surface area (TPSA) is 60.5 Å². The molecule has 3 rings (SSSR count). The van der Waals surface area contributed by atoms with Crippen molar-refractivity contribution in [1.82, 2.24) is 4.98 Å². The van der Waals surface area contributed by atoms with Crippen LogP contribution in [0.5, 0.6) is 11.5 Å². The molecule has 5 nitrogen and oxygen atoms in total. The number of ether oxygens (including phenoxy) is 2. The van der Waals surface area contributed by atoms with Crippen LogP contribution in [0.1, 0.15) is 27.0 Å². The first-order valence-electron chi connectivity index (χ1n) is 8.64. The number of amides is 1. The maximum Gasteiger partial charge on any atom is 0.255 e. The molecular weight excluding hydrogens is 340 g/mol. The van der Waals surface area contributed by atoms with E-state index < -0.39 is 0 Å². The molecule has 1 N–H and O–H groups in total. The Kier molecular flexibility index (Phi) is 5.71. The fourth-order valence-electron chi connectivity index (χ4n) is 2.82. The Morgan fingerprint density at radius 1 is 1.04 bits per heavy atom. The number of rotatable bonds is 6. The number of aryl methyl sites for hydroxylation is 2. The quantitative estimate of drug-likeness (QED) is 0.699. The van der Waals surface area contributed by atoms with E-state index in [4.69, 9.17) is 9.47 Å². The highest BCUT2D eigenvalue weighted by molar-refractivity contribution is 6.04. The number of carbonyl (C=O) groups excluding carboxylic acids is 1. The number of methoxy groups -OCH3 is 1. The van der Waals surface area contributed by atoms with Gasteiger partial charge in [-0.05, 0) is 44.2 Å². The van der Waals surface area contributed by atoms with Crippen LogP contribution in [-0.2, 0) is 6.61 Å². The minimum Gasteiger partial charge on any atom is -0.493 e. The minimum absolute atomic E-state index is 0.162. The lowest BCUT2D eigenvalue weighted by molar-refractivity contribution is 0.102. The highest BCUT2D eigenvalue weighted by Gasteiger charge is 2.11. The van der Waals surface area contributed by atoms with E-state index in [2.05, 4.69) is 10.3 Å². The smallest absolute Gasteiger partial charge is 0.255 e. The van der Waals surface area contributed by atoms with Crippen LogP contribution in [0.3, 0.4) is 0 Å². The van der Waals surface area contributed by atoms with E-state index in [1.165, 1.54) is 0 Å². The van der Waals surface area contributed by atoms with Crippen LogP contribution in [0.2, 0.25) is 0 Å². The van der Waals surface area contributed by atoms with Gasteiger partial charge in [0.25, 0.3) is 5.91 Å². The van der Waals surface area contributed by atoms with Crippen LogP contribution in [0.4, 0.5) is 5.69 Å². The fourth-order valence-corrected chi connectivity index (χ4v) is 2.82.